The fourth-order valence-electron chi connectivity index (χ4n) is 3.21. The van der Waals surface area contributed by atoms with Crippen molar-refractivity contribution in [3.05, 3.63) is 22.1 Å². The highest BCUT2D eigenvalue weighted by Crippen LogP contribution is 2.52. The molecule has 1 heterocycles. The molecule has 1 aromatic heterocycles. The van der Waals surface area contributed by atoms with Crippen molar-refractivity contribution in [3.63, 3.8) is 0 Å². The van der Waals surface area contributed by atoms with Gasteiger partial charge in [-0.25, -0.2) is 4.79 Å². The van der Waals surface area contributed by atoms with E-state index in [2.05, 4.69) is 36.7 Å². The summed E-state index contributed by atoms with van der Waals surface area (Å²) in [4.78, 5) is 11.6. The molecular weight excluding hydrogens is 425 g/mol. The lowest BCUT2D eigenvalue weighted by atomic mass is 10.2. The van der Waals surface area contributed by atoms with Crippen molar-refractivity contribution >= 4 is 29.0 Å². The molecule has 0 aliphatic rings. The van der Waals surface area contributed by atoms with Crippen molar-refractivity contribution in [2.75, 3.05) is 32.1 Å². The van der Waals surface area contributed by atoms with E-state index in [1.807, 2.05) is 0 Å². The van der Waals surface area contributed by atoms with Crippen molar-refractivity contribution in [1.29, 1.82) is 0 Å². The molecule has 0 aliphatic carbocycles. The van der Waals surface area contributed by atoms with E-state index in [0.717, 1.165) is 29.6 Å². The molecule has 0 saturated carbocycles. The van der Waals surface area contributed by atoms with Crippen LogP contribution in [0.3, 0.4) is 0 Å². The number of aryl methyl sites for hydroxylation is 1. The molecule has 0 aromatic carbocycles. The van der Waals surface area contributed by atoms with E-state index in [1.54, 1.807) is 6.07 Å². The first-order valence-electron chi connectivity index (χ1n) is 10.4. The van der Waals surface area contributed by atoms with Crippen LogP contribution in [0.2, 0.25) is 0 Å². The Morgan fingerprint density at radius 3 is 2.11 bits per heavy atom. The second kappa shape index (κ2) is 13.6. The van der Waals surface area contributed by atoms with Gasteiger partial charge in [-0.1, -0.05) is 40.0 Å². The molecule has 1 aromatic rings. The van der Waals surface area contributed by atoms with Crippen LogP contribution in [0.15, 0.2) is 19.7 Å². The Bertz CT molecular complexity index is 584. The van der Waals surface area contributed by atoms with Crippen LogP contribution in [0.4, 0.5) is 0 Å². The topological polar surface area (TPSA) is 51.8 Å². The summed E-state index contributed by atoms with van der Waals surface area (Å²) in [6.07, 6.45) is 13.4. The number of nitrogens with zero attached hydrogens (tertiary/aromatic N) is 1. The van der Waals surface area contributed by atoms with E-state index in [1.165, 1.54) is 64.1 Å². The van der Waals surface area contributed by atoms with Gasteiger partial charge in [0.05, 0.1) is 11.6 Å². The van der Waals surface area contributed by atoms with E-state index in [0.29, 0.717) is 0 Å². The van der Waals surface area contributed by atoms with Crippen LogP contribution < -0.4 is 0 Å². The van der Waals surface area contributed by atoms with E-state index in [4.69, 9.17) is 13.9 Å². The van der Waals surface area contributed by atoms with Gasteiger partial charge in [0.25, 0.3) is 0 Å². The zero-order valence-corrected chi connectivity index (χ0v) is 20.0. The lowest BCUT2D eigenvalue weighted by Gasteiger charge is -2.25. The Kier molecular flexibility index (Phi) is 12.3. The van der Waals surface area contributed by atoms with E-state index in [9.17, 15) is 4.79 Å². The summed E-state index contributed by atoms with van der Waals surface area (Å²) < 4.78 is 16.5. The number of ether oxygens (including phenoxy) is 1. The quantitative estimate of drug-likeness (QED) is 0.165. The highest BCUT2D eigenvalue weighted by molar-refractivity contribution is 9.10. The smallest absolute Gasteiger partial charge is 0.373 e. The number of esters is 1. The second-order valence-corrected chi connectivity index (χ2v) is 11.8. The average molecular weight is 462 g/mol. The minimum absolute atomic E-state index is 0.256. The zero-order chi connectivity index (χ0) is 20.1. The second-order valence-electron chi connectivity index (χ2n) is 7.17. The number of carbonyl (C=O) groups excluding carboxylic acids is 1. The molecule has 0 aliphatic heterocycles. The van der Waals surface area contributed by atoms with Crippen molar-refractivity contribution in [2.45, 2.75) is 72.1 Å². The maximum Gasteiger partial charge on any atom is 0.373 e. The van der Waals surface area contributed by atoms with Gasteiger partial charge >= 0.3 is 5.97 Å². The molecule has 0 fully saturated rings. The first kappa shape index (κ1) is 24.5. The van der Waals surface area contributed by atoms with Gasteiger partial charge in [0.1, 0.15) is 5.76 Å². The minimum atomic E-state index is -1.19. The molecule has 0 amide bonds. The molecule has 4 nitrogen and oxygen atoms in total. The normalized spacial score (nSPS) is 11.6. The van der Waals surface area contributed by atoms with Gasteiger partial charge in [0, 0.05) is 19.0 Å². The molecule has 0 atom stereocenters. The van der Waals surface area contributed by atoms with Gasteiger partial charge in [-0.3, -0.25) is 0 Å². The molecule has 156 valence electrons. The van der Waals surface area contributed by atoms with E-state index in [-0.39, 0.29) is 5.76 Å². The molecule has 0 unspecified atom stereocenters. The van der Waals surface area contributed by atoms with E-state index < -0.39 is 13.0 Å². The number of unbranched alkanes of at least 4 members (excludes halogenated alkanes) is 3. The third-order valence-corrected chi connectivity index (χ3v) is 9.81. The Hall–Kier alpha value is -0.540. The maximum atomic E-state index is 11.6. The van der Waals surface area contributed by atoms with Crippen molar-refractivity contribution in [1.82, 2.24) is 0 Å². The predicted octanol–water partition coefficient (Wildman–Crippen LogP) is 7.36. The molecule has 1 rings (SSSR count). The van der Waals surface area contributed by atoms with Gasteiger partial charge in [-0.05, 0) is 67.2 Å². The van der Waals surface area contributed by atoms with Gasteiger partial charge in [-0.15, -0.1) is 0 Å². The fraction of sp³-hybridized carbons (Fsp3) is 0.762. The Morgan fingerprint density at radius 2 is 1.63 bits per heavy atom. The van der Waals surface area contributed by atoms with Crippen LogP contribution >= 0.6 is 23.0 Å². The Morgan fingerprint density at radius 1 is 1.07 bits per heavy atom. The number of rotatable bonds is 14. The summed E-state index contributed by atoms with van der Waals surface area (Å²) in [6.45, 7) is 7.73. The lowest BCUT2D eigenvalue weighted by molar-refractivity contribution is 0.0563. The van der Waals surface area contributed by atoms with E-state index >= 15 is 0 Å². The number of furan rings is 1. The SMILES string of the molecule is CCCCP(CCCC)(CCCC)=NCCCc1oc(C(=O)OC)cc1Br. The number of carbonyl (C=O) groups is 1. The van der Waals surface area contributed by atoms with Crippen LogP contribution in [-0.2, 0) is 11.2 Å². The zero-order valence-electron chi connectivity index (χ0n) is 17.6. The van der Waals surface area contributed by atoms with Crippen molar-refractivity contribution in [3.8, 4) is 0 Å². The molecule has 6 heteroatoms. The molecule has 0 bridgehead atoms. The standard InChI is InChI=1S/C21H37BrNO3P/c1-5-8-14-27(15-9-6-2,16-10-7-3)23-13-11-12-19-18(22)17-20(26-19)21(24)25-4/h17H,5-16H2,1-4H3. The van der Waals surface area contributed by atoms with Crippen LogP contribution in [-0.4, -0.2) is 38.1 Å². The summed E-state index contributed by atoms with van der Waals surface area (Å²) in [5.41, 5.74) is 0. The highest BCUT2D eigenvalue weighted by atomic mass is 79.9. The number of methoxy groups -OCH3 is 1. The average Bonchev–Trinajstić information content (AvgIpc) is 3.06. The van der Waals surface area contributed by atoms with Crippen molar-refractivity contribution in [2.24, 2.45) is 4.74 Å². The Labute approximate surface area is 174 Å². The molecule has 0 saturated heterocycles. The largest absolute Gasteiger partial charge is 0.463 e. The summed E-state index contributed by atoms with van der Waals surface area (Å²) in [5.74, 6) is 0.632. The first-order valence-corrected chi connectivity index (χ1v) is 13.5. The third kappa shape index (κ3) is 8.56. The highest BCUT2D eigenvalue weighted by Gasteiger charge is 2.18. The van der Waals surface area contributed by atoms with Crippen LogP contribution in [0.25, 0.3) is 0 Å². The lowest BCUT2D eigenvalue weighted by Crippen LogP contribution is -2.03. The molecule has 0 spiro atoms. The third-order valence-electron chi connectivity index (χ3n) is 4.89. The number of hydrogen-bond acceptors (Lipinski definition) is 4. The summed E-state index contributed by atoms with van der Waals surface area (Å²) in [5, 5.41) is 0. The molecule has 0 N–H and O–H groups in total. The number of hydrogen-bond donors (Lipinski definition) is 0. The summed E-state index contributed by atoms with van der Waals surface area (Å²) >= 11 is 3.48. The predicted molar refractivity (Wildman–Crippen MR) is 120 cm³/mol. The van der Waals surface area contributed by atoms with Gasteiger partial charge in [0.2, 0.25) is 5.76 Å². The summed E-state index contributed by atoms with van der Waals surface area (Å²) in [7, 11) is 0.179. The minimum Gasteiger partial charge on any atom is -0.463 e. The first-order chi connectivity index (χ1) is 13.0. The van der Waals surface area contributed by atoms with Gasteiger partial charge in [-0.2, -0.15) is 0 Å². The van der Waals surface area contributed by atoms with Crippen LogP contribution in [0.1, 0.15) is 82.0 Å². The van der Waals surface area contributed by atoms with Gasteiger partial charge in [0.15, 0.2) is 0 Å². The monoisotopic (exact) mass is 461 g/mol. The van der Waals surface area contributed by atoms with Gasteiger partial charge < -0.3 is 13.9 Å². The molecule has 0 radical (unpaired) electrons. The number of halogens is 1. The maximum absolute atomic E-state index is 11.6. The molecular formula is C21H37BrNO3P. The van der Waals surface area contributed by atoms with Crippen LogP contribution in [0.5, 0.6) is 0 Å². The van der Waals surface area contributed by atoms with Crippen LogP contribution in [0, 0.1) is 0 Å². The summed E-state index contributed by atoms with van der Waals surface area (Å²) in [6, 6.07) is 1.69. The fourth-order valence-corrected chi connectivity index (χ4v) is 8.07. The van der Waals surface area contributed by atoms with Crippen molar-refractivity contribution < 1.29 is 13.9 Å². The molecule has 27 heavy (non-hydrogen) atoms. The Balaban J connectivity index is 2.77.